The normalized spacial score (nSPS) is 19.1. The summed E-state index contributed by atoms with van der Waals surface area (Å²) >= 11 is 0. The molecule has 0 atom stereocenters. The summed E-state index contributed by atoms with van der Waals surface area (Å²) in [6.07, 6.45) is -0.868. The first-order valence-corrected chi connectivity index (χ1v) is 12.0. The summed E-state index contributed by atoms with van der Waals surface area (Å²) in [4.78, 5) is 35.6. The van der Waals surface area contributed by atoms with Crippen LogP contribution in [0.3, 0.4) is 0 Å². The van der Waals surface area contributed by atoms with Crippen molar-refractivity contribution in [3.8, 4) is 5.75 Å². The molecule has 1 N–H and O–H groups in total. The van der Waals surface area contributed by atoms with E-state index in [1.807, 2.05) is 24.3 Å². The van der Waals surface area contributed by atoms with Gasteiger partial charge in [-0.1, -0.05) is 31.0 Å². The van der Waals surface area contributed by atoms with Crippen LogP contribution in [0.25, 0.3) is 0 Å². The van der Waals surface area contributed by atoms with Crippen LogP contribution in [0, 0.1) is 0 Å². The summed E-state index contributed by atoms with van der Waals surface area (Å²) in [7, 11) is 0. The molecule has 3 aliphatic rings. The molecule has 1 aromatic heterocycles. The van der Waals surface area contributed by atoms with Gasteiger partial charge in [-0.05, 0) is 31.7 Å². The highest BCUT2D eigenvalue weighted by Crippen LogP contribution is 2.37. The lowest BCUT2D eigenvalue weighted by Crippen LogP contribution is -2.49. The Kier molecular flexibility index (Phi) is 6.59. The maximum Gasteiger partial charge on any atom is 0.437 e. The van der Waals surface area contributed by atoms with E-state index in [9.17, 15) is 22.8 Å². The van der Waals surface area contributed by atoms with Crippen LogP contribution in [0.2, 0.25) is 0 Å². The number of hydrogen-bond acceptors (Lipinski definition) is 7. The summed E-state index contributed by atoms with van der Waals surface area (Å²) in [5, 5.41) is 2.59. The molecule has 1 saturated heterocycles. The van der Waals surface area contributed by atoms with Gasteiger partial charge >= 0.3 is 18.4 Å². The molecule has 1 aromatic carbocycles. The Labute approximate surface area is 205 Å². The average Bonchev–Trinajstić information content (AvgIpc) is 3.37. The molecule has 0 unspecified atom stereocenters. The zero-order valence-corrected chi connectivity index (χ0v) is 19.5. The SMILES string of the molecule is O=C(NC1CCCC1)Oc1cnc(N2CCC(N3C(=O)OCc4ccccc43)CC2)nc1C(F)(F)F. The molecule has 2 aliphatic heterocycles. The largest absolute Gasteiger partial charge is 0.444 e. The minimum atomic E-state index is -4.83. The summed E-state index contributed by atoms with van der Waals surface area (Å²) in [6, 6.07) is 7.22. The first-order valence-electron chi connectivity index (χ1n) is 12.0. The zero-order chi connectivity index (χ0) is 25.3. The topological polar surface area (TPSA) is 96.9 Å². The number of fused-ring (bicyclic) bond motifs is 1. The van der Waals surface area contributed by atoms with Crippen molar-refractivity contribution in [3.63, 3.8) is 0 Å². The third kappa shape index (κ3) is 5.02. The molecule has 0 spiro atoms. The van der Waals surface area contributed by atoms with Crippen LogP contribution >= 0.6 is 0 Å². The molecule has 0 radical (unpaired) electrons. The number of benzene rings is 1. The lowest BCUT2D eigenvalue weighted by Gasteiger charge is -2.40. The molecule has 0 bridgehead atoms. The van der Waals surface area contributed by atoms with E-state index >= 15 is 0 Å². The van der Waals surface area contributed by atoms with Crippen LogP contribution in [0.4, 0.5) is 34.4 Å². The predicted octanol–water partition coefficient (Wildman–Crippen LogP) is 4.65. The number of para-hydroxylation sites is 1. The van der Waals surface area contributed by atoms with Gasteiger partial charge in [0.15, 0.2) is 11.4 Å². The number of alkyl halides is 3. The van der Waals surface area contributed by atoms with Gasteiger partial charge in [0, 0.05) is 30.7 Å². The number of halogens is 3. The number of aromatic nitrogens is 2. The highest BCUT2D eigenvalue weighted by atomic mass is 19.4. The molecule has 2 aromatic rings. The highest BCUT2D eigenvalue weighted by molar-refractivity contribution is 5.91. The first-order chi connectivity index (χ1) is 17.3. The number of cyclic esters (lactones) is 1. The summed E-state index contributed by atoms with van der Waals surface area (Å²) < 4.78 is 51.5. The fourth-order valence-electron chi connectivity index (χ4n) is 5.00. The Morgan fingerprint density at radius 2 is 1.83 bits per heavy atom. The number of carbonyl (C=O) groups excluding carboxylic acids is 2. The number of piperidine rings is 1. The quantitative estimate of drug-likeness (QED) is 0.646. The van der Waals surface area contributed by atoms with Gasteiger partial charge < -0.3 is 19.7 Å². The number of hydrogen-bond donors (Lipinski definition) is 1. The molecule has 1 saturated carbocycles. The maximum absolute atomic E-state index is 13.8. The number of nitrogens with one attached hydrogen (secondary N) is 1. The summed E-state index contributed by atoms with van der Waals surface area (Å²) in [5.41, 5.74) is 0.398. The van der Waals surface area contributed by atoms with Crippen LogP contribution in [-0.2, 0) is 17.5 Å². The van der Waals surface area contributed by atoms with Crippen LogP contribution in [0.1, 0.15) is 49.8 Å². The van der Waals surface area contributed by atoms with Crippen molar-refractivity contribution in [3.05, 3.63) is 41.7 Å². The lowest BCUT2D eigenvalue weighted by molar-refractivity contribution is -0.142. The van der Waals surface area contributed by atoms with Crippen molar-refractivity contribution in [1.82, 2.24) is 15.3 Å². The second kappa shape index (κ2) is 9.82. The van der Waals surface area contributed by atoms with E-state index in [1.165, 1.54) is 0 Å². The smallest absolute Gasteiger partial charge is 0.437 e. The van der Waals surface area contributed by atoms with E-state index in [0.717, 1.165) is 43.1 Å². The fourth-order valence-corrected chi connectivity index (χ4v) is 5.00. The van der Waals surface area contributed by atoms with E-state index in [0.29, 0.717) is 25.9 Å². The summed E-state index contributed by atoms with van der Waals surface area (Å²) in [6.45, 7) is 0.901. The van der Waals surface area contributed by atoms with E-state index in [-0.39, 0.29) is 24.6 Å². The van der Waals surface area contributed by atoms with Gasteiger partial charge in [0.25, 0.3) is 0 Å². The monoisotopic (exact) mass is 505 g/mol. The first kappa shape index (κ1) is 24.1. The molecular formula is C24H26F3N5O4. The third-order valence-corrected chi connectivity index (χ3v) is 6.80. The van der Waals surface area contributed by atoms with Gasteiger partial charge in [-0.3, -0.25) is 4.90 Å². The van der Waals surface area contributed by atoms with Gasteiger partial charge in [0.1, 0.15) is 6.61 Å². The standard InChI is InChI=1S/C24H26F3N5O4/c25-24(26,27)20-19(36-22(33)29-16-6-2-3-7-16)13-28-21(30-20)31-11-9-17(10-12-31)32-18-8-4-1-5-15(18)14-35-23(32)34/h1,4-5,8,13,16-17H,2-3,6-7,9-12,14H2,(H,29,33). The van der Waals surface area contributed by atoms with Crippen LogP contribution in [0.5, 0.6) is 5.75 Å². The Morgan fingerprint density at radius 1 is 1.11 bits per heavy atom. The summed E-state index contributed by atoms with van der Waals surface area (Å²) in [5.74, 6) is -0.838. The van der Waals surface area contributed by atoms with Crippen molar-refractivity contribution >= 4 is 23.8 Å². The van der Waals surface area contributed by atoms with Crippen molar-refractivity contribution in [2.45, 2.75) is 63.4 Å². The van der Waals surface area contributed by atoms with Gasteiger partial charge in [0.2, 0.25) is 5.95 Å². The molecule has 36 heavy (non-hydrogen) atoms. The minimum Gasteiger partial charge on any atom is -0.444 e. The number of rotatable bonds is 4. The third-order valence-electron chi connectivity index (χ3n) is 6.80. The second-order valence-electron chi connectivity index (χ2n) is 9.17. The lowest BCUT2D eigenvalue weighted by atomic mass is 10.0. The van der Waals surface area contributed by atoms with Gasteiger partial charge in [-0.2, -0.15) is 13.2 Å². The van der Waals surface area contributed by atoms with E-state index in [2.05, 4.69) is 15.3 Å². The van der Waals surface area contributed by atoms with Crippen molar-refractivity contribution < 1.29 is 32.2 Å². The van der Waals surface area contributed by atoms with Gasteiger partial charge in [-0.15, -0.1) is 0 Å². The van der Waals surface area contributed by atoms with Gasteiger partial charge in [-0.25, -0.2) is 19.6 Å². The number of anilines is 2. The Hall–Kier alpha value is -3.57. The van der Waals surface area contributed by atoms with Crippen LogP contribution in [0.15, 0.2) is 30.5 Å². The predicted molar refractivity (Wildman–Crippen MR) is 123 cm³/mol. The molecule has 2 amide bonds. The molecule has 1 aliphatic carbocycles. The molecule has 192 valence electrons. The van der Waals surface area contributed by atoms with Crippen LogP contribution < -0.4 is 19.9 Å². The van der Waals surface area contributed by atoms with Gasteiger partial charge in [0.05, 0.1) is 11.9 Å². The molecule has 2 fully saturated rings. The average molecular weight is 505 g/mol. The number of nitrogens with zero attached hydrogens (tertiary/aromatic N) is 4. The maximum atomic E-state index is 13.8. The van der Waals surface area contributed by atoms with E-state index in [4.69, 9.17) is 9.47 Å². The van der Waals surface area contributed by atoms with E-state index in [1.54, 1.807) is 9.80 Å². The Morgan fingerprint density at radius 3 is 2.56 bits per heavy atom. The number of carbonyl (C=O) groups is 2. The number of amides is 2. The van der Waals surface area contributed by atoms with E-state index < -0.39 is 29.8 Å². The van der Waals surface area contributed by atoms with Crippen LogP contribution in [-0.4, -0.2) is 47.3 Å². The fraction of sp³-hybridized carbons (Fsp3) is 0.500. The second-order valence-corrected chi connectivity index (χ2v) is 9.17. The number of ether oxygens (including phenoxy) is 2. The highest BCUT2D eigenvalue weighted by Gasteiger charge is 2.40. The van der Waals surface area contributed by atoms with Crippen molar-refractivity contribution in [1.29, 1.82) is 0 Å². The molecule has 5 rings (SSSR count). The van der Waals surface area contributed by atoms with Crippen molar-refractivity contribution in [2.75, 3.05) is 22.9 Å². The Bertz CT molecular complexity index is 1130. The Balaban J connectivity index is 1.28. The molecule has 9 nitrogen and oxygen atoms in total. The molecule has 12 heteroatoms. The van der Waals surface area contributed by atoms with Crippen molar-refractivity contribution in [2.24, 2.45) is 0 Å². The molecular weight excluding hydrogens is 479 g/mol. The minimum absolute atomic E-state index is 0.0996. The molecule has 3 heterocycles. The zero-order valence-electron chi connectivity index (χ0n) is 19.5.